The average molecular weight is 428 g/mol. The van der Waals surface area contributed by atoms with E-state index in [-0.39, 0.29) is 11.4 Å². The Morgan fingerprint density at radius 3 is 2.65 bits per heavy atom. The van der Waals surface area contributed by atoms with Crippen molar-refractivity contribution in [1.82, 2.24) is 25.3 Å². The number of aromatic amines is 1. The van der Waals surface area contributed by atoms with Crippen molar-refractivity contribution in [3.05, 3.63) is 58.5 Å². The summed E-state index contributed by atoms with van der Waals surface area (Å²) < 4.78 is 1.32. The number of hydrogen-bond donors (Lipinski definition) is 3. The molecule has 3 N–H and O–H groups in total. The molecule has 0 saturated carbocycles. The van der Waals surface area contributed by atoms with Crippen LogP contribution in [0.4, 0.5) is 0 Å². The quantitative estimate of drug-likeness (QED) is 0.504. The van der Waals surface area contributed by atoms with Crippen LogP contribution in [-0.4, -0.2) is 60.6 Å². The molecule has 1 aromatic carbocycles. The second kappa shape index (κ2) is 8.29. The number of aliphatic hydroxyl groups is 1. The zero-order valence-corrected chi connectivity index (χ0v) is 17.6. The SMILES string of the molecule is [B]C(C)(O)c1cc(C(=O)N[C@@H](C)C([B])([B])n2ccc(-c3ccc(C#N)c(Cl)c3)n2)n[nH]1. The highest BCUT2D eigenvalue weighted by atomic mass is 35.5. The summed E-state index contributed by atoms with van der Waals surface area (Å²) in [7, 11) is 18.1. The van der Waals surface area contributed by atoms with E-state index in [4.69, 9.17) is 40.4 Å². The summed E-state index contributed by atoms with van der Waals surface area (Å²) in [6, 6.07) is 9.16. The number of nitrogens with one attached hydrogen (secondary N) is 2. The van der Waals surface area contributed by atoms with E-state index in [1.54, 1.807) is 37.4 Å². The van der Waals surface area contributed by atoms with E-state index in [9.17, 15) is 9.90 Å². The number of rotatable bonds is 6. The van der Waals surface area contributed by atoms with Crippen LogP contribution in [0.25, 0.3) is 11.3 Å². The highest BCUT2D eigenvalue weighted by molar-refractivity contribution is 6.38. The van der Waals surface area contributed by atoms with E-state index in [0.29, 0.717) is 21.8 Å². The Hall–Kier alpha value is -2.96. The summed E-state index contributed by atoms with van der Waals surface area (Å²) in [5, 5.41) is 30.9. The van der Waals surface area contributed by atoms with Gasteiger partial charge in [-0.15, -0.1) is 0 Å². The number of carbonyl (C=O) groups is 1. The van der Waals surface area contributed by atoms with Crippen LogP contribution in [0.5, 0.6) is 0 Å². The van der Waals surface area contributed by atoms with E-state index >= 15 is 0 Å². The predicted molar refractivity (Wildman–Crippen MR) is 118 cm³/mol. The lowest BCUT2D eigenvalue weighted by Crippen LogP contribution is -2.53. The molecule has 150 valence electrons. The molecule has 0 aliphatic heterocycles. The minimum absolute atomic E-state index is 0.0109. The second-order valence-electron chi connectivity index (χ2n) is 7.35. The molecule has 2 aromatic heterocycles. The summed E-state index contributed by atoms with van der Waals surface area (Å²) >= 11 is 6.09. The molecule has 0 bridgehead atoms. The minimum Gasteiger partial charge on any atom is -0.394 e. The molecule has 3 rings (SSSR count). The van der Waals surface area contributed by atoms with Crippen molar-refractivity contribution in [1.29, 1.82) is 5.26 Å². The van der Waals surface area contributed by atoms with Gasteiger partial charge in [-0.2, -0.15) is 15.5 Å². The summed E-state index contributed by atoms with van der Waals surface area (Å²) in [4.78, 5) is 12.5. The average Bonchev–Trinajstić information content (AvgIpc) is 3.37. The number of carbonyl (C=O) groups excluding carboxylic acids is 1. The van der Waals surface area contributed by atoms with Crippen molar-refractivity contribution >= 4 is 41.0 Å². The number of hydrogen-bond acceptors (Lipinski definition) is 5. The second-order valence-corrected chi connectivity index (χ2v) is 7.76. The third-order valence-corrected chi connectivity index (χ3v) is 5.08. The molecule has 0 aliphatic rings. The van der Waals surface area contributed by atoms with Crippen LogP contribution in [-0.2, 0) is 10.8 Å². The van der Waals surface area contributed by atoms with Crippen LogP contribution < -0.4 is 5.32 Å². The summed E-state index contributed by atoms with van der Waals surface area (Å²) in [6.07, 6.45) is 1.57. The van der Waals surface area contributed by atoms with Gasteiger partial charge in [-0.3, -0.25) is 14.6 Å². The van der Waals surface area contributed by atoms with Crippen LogP contribution in [0.2, 0.25) is 5.02 Å². The fourth-order valence-corrected chi connectivity index (χ4v) is 2.96. The Morgan fingerprint density at radius 1 is 1.35 bits per heavy atom. The fraction of sp³-hybridized carbons (Fsp3) is 0.263. The normalized spacial score (nSPS) is 14.4. The first-order valence-corrected chi connectivity index (χ1v) is 9.53. The van der Waals surface area contributed by atoms with E-state index in [0.717, 1.165) is 0 Å². The molecule has 2 atom stereocenters. The molecule has 12 heteroatoms. The lowest BCUT2D eigenvalue weighted by molar-refractivity contribution is 0.0925. The van der Waals surface area contributed by atoms with Gasteiger partial charge < -0.3 is 10.4 Å². The Morgan fingerprint density at radius 2 is 2.06 bits per heavy atom. The lowest BCUT2D eigenvalue weighted by atomic mass is 9.58. The van der Waals surface area contributed by atoms with Gasteiger partial charge in [0, 0.05) is 23.1 Å². The van der Waals surface area contributed by atoms with Crippen molar-refractivity contribution in [2.24, 2.45) is 0 Å². The van der Waals surface area contributed by atoms with Crippen LogP contribution in [0.1, 0.15) is 35.6 Å². The van der Waals surface area contributed by atoms with Gasteiger partial charge in [-0.1, -0.05) is 17.7 Å². The van der Waals surface area contributed by atoms with Crippen molar-refractivity contribution in [2.75, 3.05) is 0 Å². The third-order valence-electron chi connectivity index (χ3n) is 4.77. The van der Waals surface area contributed by atoms with Crippen molar-refractivity contribution < 1.29 is 9.90 Å². The monoisotopic (exact) mass is 428 g/mol. The van der Waals surface area contributed by atoms with Gasteiger partial charge in [0.2, 0.25) is 0 Å². The van der Waals surface area contributed by atoms with Gasteiger partial charge in [-0.25, -0.2) is 0 Å². The molecule has 0 fully saturated rings. The number of H-pyrrole nitrogens is 1. The lowest BCUT2D eigenvalue weighted by Gasteiger charge is -2.34. The number of nitrogens with zero attached hydrogens (tertiary/aromatic N) is 4. The van der Waals surface area contributed by atoms with Crippen LogP contribution in [0.15, 0.2) is 36.5 Å². The fourth-order valence-electron chi connectivity index (χ4n) is 2.74. The molecule has 1 amide bonds. The van der Waals surface area contributed by atoms with E-state index in [2.05, 4.69) is 20.6 Å². The summed E-state index contributed by atoms with van der Waals surface area (Å²) in [6.45, 7) is 2.97. The number of nitriles is 1. The molecule has 8 nitrogen and oxygen atoms in total. The maximum atomic E-state index is 12.5. The minimum atomic E-state index is -1.66. The van der Waals surface area contributed by atoms with Crippen LogP contribution >= 0.6 is 11.6 Å². The molecule has 0 spiro atoms. The predicted octanol–water partition coefficient (Wildman–Crippen LogP) is 0.898. The zero-order valence-electron chi connectivity index (χ0n) is 16.8. The largest absolute Gasteiger partial charge is 0.394 e. The van der Waals surface area contributed by atoms with E-state index in [1.165, 1.54) is 17.7 Å². The van der Waals surface area contributed by atoms with Gasteiger partial charge in [0.05, 0.1) is 43.2 Å². The molecule has 0 aliphatic carbocycles. The first-order chi connectivity index (χ1) is 14.4. The van der Waals surface area contributed by atoms with Crippen LogP contribution in [0, 0.1) is 11.3 Å². The first kappa shape index (κ1) is 22.7. The Balaban J connectivity index is 1.77. The Bertz CT molecular complexity index is 1160. The van der Waals surface area contributed by atoms with Gasteiger partial charge >= 0.3 is 0 Å². The standard InChI is InChI=1S/C19H16B3ClN6O2/c1-10(25-17(30)15-8-16(27-26-15)18(2,20)31)19(21,22)29-6-5-14(28-29)11-3-4-12(9-24)13(23)7-11/h3-8,10,31H,1-2H3,(H,25,30)(H,26,27)/t10-,18?/m0/s1. The van der Waals surface area contributed by atoms with Crippen molar-refractivity contribution in [3.8, 4) is 17.3 Å². The van der Waals surface area contributed by atoms with Gasteiger partial charge in [0.1, 0.15) is 19.6 Å². The molecule has 1 unspecified atom stereocenters. The number of halogens is 1. The molecular formula is C19H16B3ClN6O2. The topological polar surface area (TPSA) is 120 Å². The summed E-state index contributed by atoms with van der Waals surface area (Å²) in [5.41, 5.74) is 0.0838. The zero-order chi connectivity index (χ0) is 23.0. The molecule has 2 heterocycles. The number of amides is 1. The van der Waals surface area contributed by atoms with E-state index in [1.807, 2.05) is 6.07 Å². The molecule has 31 heavy (non-hydrogen) atoms. The van der Waals surface area contributed by atoms with Crippen LogP contribution in [0.3, 0.4) is 0 Å². The molecule has 3 aromatic rings. The van der Waals surface area contributed by atoms with Crippen molar-refractivity contribution in [3.63, 3.8) is 0 Å². The third kappa shape index (κ3) is 4.71. The molecular weight excluding hydrogens is 412 g/mol. The molecule has 6 radical (unpaired) electrons. The smallest absolute Gasteiger partial charge is 0.272 e. The number of aromatic nitrogens is 4. The maximum Gasteiger partial charge on any atom is 0.272 e. The summed E-state index contributed by atoms with van der Waals surface area (Å²) in [5.74, 6) is -0.564. The van der Waals surface area contributed by atoms with Crippen molar-refractivity contribution in [2.45, 2.75) is 30.7 Å². The van der Waals surface area contributed by atoms with Gasteiger partial charge in [0.25, 0.3) is 5.91 Å². The van der Waals surface area contributed by atoms with Gasteiger partial charge in [-0.05, 0) is 38.1 Å². The number of benzene rings is 1. The first-order valence-electron chi connectivity index (χ1n) is 9.15. The Kier molecular flexibility index (Phi) is 6.08. The maximum absolute atomic E-state index is 12.5. The highest BCUT2D eigenvalue weighted by Crippen LogP contribution is 2.25. The highest BCUT2D eigenvalue weighted by Gasteiger charge is 2.30. The van der Waals surface area contributed by atoms with Gasteiger partial charge in [0.15, 0.2) is 0 Å². The molecule has 0 saturated heterocycles. The van der Waals surface area contributed by atoms with E-state index < -0.39 is 22.8 Å². The Labute approximate surface area is 188 Å².